The van der Waals surface area contributed by atoms with E-state index in [1.807, 2.05) is 11.8 Å². The van der Waals surface area contributed by atoms with Crippen LogP contribution < -0.4 is 11.2 Å². The molecule has 1 aliphatic rings. The Kier molecular flexibility index (Phi) is 5.22. The van der Waals surface area contributed by atoms with E-state index in [4.69, 9.17) is 0 Å². The maximum absolute atomic E-state index is 12.7. The van der Waals surface area contributed by atoms with Crippen molar-refractivity contribution in [2.75, 3.05) is 18.8 Å². The molecule has 1 aliphatic heterocycles. The van der Waals surface area contributed by atoms with E-state index in [0.29, 0.717) is 17.0 Å². The van der Waals surface area contributed by atoms with Gasteiger partial charge in [0.1, 0.15) is 5.65 Å². The Morgan fingerprint density at radius 1 is 1.23 bits per heavy atom. The molecular weight excluding hydrogens is 352 g/mol. The predicted octanol–water partition coefficient (Wildman–Crippen LogP) is 1.29. The minimum atomic E-state index is -0.409. The van der Waals surface area contributed by atoms with Crippen molar-refractivity contribution in [1.29, 1.82) is 0 Å². The molecular formula is C18H24N4O3S. The smallest absolute Gasteiger partial charge is 0.332 e. The fourth-order valence-corrected chi connectivity index (χ4v) is 4.32. The van der Waals surface area contributed by atoms with Gasteiger partial charge in [-0.15, -0.1) is 11.8 Å². The number of fused-ring (bicyclic) bond motifs is 1. The van der Waals surface area contributed by atoms with Gasteiger partial charge in [-0.05, 0) is 31.2 Å². The van der Waals surface area contributed by atoms with Gasteiger partial charge in [-0.25, -0.2) is 9.78 Å². The van der Waals surface area contributed by atoms with E-state index in [1.54, 1.807) is 13.2 Å². The molecule has 3 rings (SSSR count). The van der Waals surface area contributed by atoms with Gasteiger partial charge in [0.2, 0.25) is 5.91 Å². The van der Waals surface area contributed by atoms with Crippen molar-refractivity contribution in [3.05, 3.63) is 32.6 Å². The summed E-state index contributed by atoms with van der Waals surface area (Å²) in [5.41, 5.74) is 0.401. The topological polar surface area (TPSA) is 77.2 Å². The quantitative estimate of drug-likeness (QED) is 0.755. The van der Waals surface area contributed by atoms with Gasteiger partial charge < -0.3 is 4.90 Å². The molecule has 0 aliphatic carbocycles. The highest BCUT2D eigenvalue weighted by Gasteiger charge is 2.22. The molecule has 0 atom stereocenters. The number of piperidine rings is 1. The zero-order valence-corrected chi connectivity index (χ0v) is 16.4. The van der Waals surface area contributed by atoms with E-state index >= 15 is 0 Å². The van der Waals surface area contributed by atoms with Crippen LogP contribution in [-0.4, -0.2) is 43.8 Å². The molecule has 0 saturated carbocycles. The molecule has 0 aromatic carbocycles. The van der Waals surface area contributed by atoms with Crippen LogP contribution in [-0.2, 0) is 18.9 Å². The summed E-state index contributed by atoms with van der Waals surface area (Å²) >= 11 is 1.36. The summed E-state index contributed by atoms with van der Waals surface area (Å²) in [6, 6.07) is 0. The number of nitrogens with zero attached hydrogens (tertiary/aromatic N) is 4. The van der Waals surface area contributed by atoms with E-state index < -0.39 is 5.69 Å². The number of amides is 1. The van der Waals surface area contributed by atoms with Crippen LogP contribution in [0.15, 0.2) is 20.7 Å². The standard InChI is InChI=1S/C18H24N4O3S/c1-11-5-7-22(8-6-11)13(23)10-26-15-12(2)9-19-16-14(15)17(24)21(4)18(25)20(16)3/h9,11H,5-8,10H2,1-4H3. The van der Waals surface area contributed by atoms with Crippen molar-refractivity contribution in [2.24, 2.45) is 20.0 Å². The molecule has 0 unspecified atom stereocenters. The zero-order chi connectivity index (χ0) is 19.0. The van der Waals surface area contributed by atoms with E-state index in [2.05, 4.69) is 11.9 Å². The number of rotatable bonds is 3. The van der Waals surface area contributed by atoms with Gasteiger partial charge in [0, 0.05) is 38.3 Å². The number of thioether (sulfide) groups is 1. The van der Waals surface area contributed by atoms with Crippen molar-refractivity contribution in [1.82, 2.24) is 19.0 Å². The number of aromatic nitrogens is 3. The van der Waals surface area contributed by atoms with Gasteiger partial charge in [0.25, 0.3) is 5.56 Å². The van der Waals surface area contributed by atoms with Crippen LogP contribution in [0.3, 0.4) is 0 Å². The fourth-order valence-electron chi connectivity index (χ4n) is 3.27. The van der Waals surface area contributed by atoms with Crippen LogP contribution in [0.4, 0.5) is 0 Å². The Morgan fingerprint density at radius 3 is 2.54 bits per heavy atom. The number of hydrogen-bond acceptors (Lipinski definition) is 5. The van der Waals surface area contributed by atoms with Crippen LogP contribution in [0.5, 0.6) is 0 Å². The second kappa shape index (κ2) is 7.26. The molecule has 2 aromatic rings. The second-order valence-corrected chi connectivity index (χ2v) is 8.01. The third-order valence-corrected chi connectivity index (χ3v) is 6.28. The number of hydrogen-bond donors (Lipinski definition) is 0. The fraction of sp³-hybridized carbons (Fsp3) is 0.556. The molecule has 0 spiro atoms. The van der Waals surface area contributed by atoms with E-state index in [9.17, 15) is 14.4 Å². The summed E-state index contributed by atoms with van der Waals surface area (Å²) in [7, 11) is 3.06. The summed E-state index contributed by atoms with van der Waals surface area (Å²) in [4.78, 5) is 44.2. The lowest BCUT2D eigenvalue weighted by atomic mass is 9.99. The van der Waals surface area contributed by atoms with Crippen LogP contribution in [0.25, 0.3) is 11.0 Å². The van der Waals surface area contributed by atoms with Gasteiger partial charge in [0.05, 0.1) is 11.1 Å². The van der Waals surface area contributed by atoms with Crippen LogP contribution in [0, 0.1) is 12.8 Å². The maximum atomic E-state index is 12.7. The van der Waals surface area contributed by atoms with Gasteiger partial charge in [-0.2, -0.15) is 0 Å². The van der Waals surface area contributed by atoms with E-state index in [-0.39, 0.29) is 17.2 Å². The van der Waals surface area contributed by atoms with Crippen LogP contribution in [0.2, 0.25) is 0 Å². The molecule has 1 amide bonds. The Hall–Kier alpha value is -2.09. The lowest BCUT2D eigenvalue weighted by Gasteiger charge is -2.30. The van der Waals surface area contributed by atoms with E-state index in [0.717, 1.165) is 41.0 Å². The van der Waals surface area contributed by atoms with Crippen LogP contribution in [0.1, 0.15) is 25.3 Å². The first-order chi connectivity index (χ1) is 12.3. The normalized spacial score (nSPS) is 15.6. The highest BCUT2D eigenvalue weighted by atomic mass is 32.2. The van der Waals surface area contributed by atoms with Gasteiger partial charge in [-0.3, -0.25) is 18.7 Å². The summed E-state index contributed by atoms with van der Waals surface area (Å²) in [6.07, 6.45) is 3.73. The van der Waals surface area contributed by atoms with Crippen molar-refractivity contribution in [3.63, 3.8) is 0 Å². The third kappa shape index (κ3) is 3.30. The van der Waals surface area contributed by atoms with Gasteiger partial charge >= 0.3 is 5.69 Å². The molecule has 1 saturated heterocycles. The van der Waals surface area contributed by atoms with Crippen LogP contribution >= 0.6 is 11.8 Å². The second-order valence-electron chi connectivity index (χ2n) is 7.03. The number of carbonyl (C=O) groups excluding carboxylic acids is 1. The molecule has 140 valence electrons. The largest absolute Gasteiger partial charge is 0.342 e. The molecule has 7 nitrogen and oxygen atoms in total. The molecule has 0 bridgehead atoms. The predicted molar refractivity (Wildman–Crippen MR) is 103 cm³/mol. The van der Waals surface area contributed by atoms with Crippen molar-refractivity contribution >= 4 is 28.7 Å². The average molecular weight is 376 g/mol. The lowest BCUT2D eigenvalue weighted by molar-refractivity contribution is -0.129. The maximum Gasteiger partial charge on any atom is 0.332 e. The first-order valence-corrected chi connectivity index (χ1v) is 9.75. The van der Waals surface area contributed by atoms with Gasteiger partial charge in [-0.1, -0.05) is 6.92 Å². The highest BCUT2D eigenvalue weighted by molar-refractivity contribution is 8.00. The molecule has 2 aromatic heterocycles. The average Bonchev–Trinajstić information content (AvgIpc) is 2.63. The number of likely N-dealkylation sites (tertiary alicyclic amines) is 1. The molecule has 26 heavy (non-hydrogen) atoms. The monoisotopic (exact) mass is 376 g/mol. The lowest BCUT2D eigenvalue weighted by Crippen LogP contribution is -2.39. The van der Waals surface area contributed by atoms with Crippen molar-refractivity contribution < 1.29 is 4.79 Å². The highest BCUT2D eigenvalue weighted by Crippen LogP contribution is 2.28. The number of pyridine rings is 1. The SMILES string of the molecule is Cc1cnc2c(c1SCC(=O)N1CCC(C)CC1)c(=O)n(C)c(=O)n2C. The molecule has 1 fully saturated rings. The Balaban J connectivity index is 1.93. The van der Waals surface area contributed by atoms with E-state index in [1.165, 1.54) is 23.4 Å². The minimum absolute atomic E-state index is 0.0907. The number of aryl methyl sites for hydroxylation is 2. The third-order valence-electron chi connectivity index (χ3n) is 5.08. The minimum Gasteiger partial charge on any atom is -0.342 e. The first kappa shape index (κ1) is 18.7. The zero-order valence-electron chi connectivity index (χ0n) is 15.6. The summed E-state index contributed by atoms with van der Waals surface area (Å²) in [5, 5.41) is 0.402. The number of carbonyl (C=O) groups is 1. The Bertz CT molecular complexity index is 971. The first-order valence-electron chi connectivity index (χ1n) is 8.77. The Labute approximate surface area is 156 Å². The van der Waals surface area contributed by atoms with Crippen molar-refractivity contribution in [2.45, 2.75) is 31.6 Å². The molecule has 0 radical (unpaired) electrons. The Morgan fingerprint density at radius 2 is 1.88 bits per heavy atom. The van der Waals surface area contributed by atoms with Crippen molar-refractivity contribution in [3.8, 4) is 0 Å². The molecule has 3 heterocycles. The molecule has 0 N–H and O–H groups in total. The summed E-state index contributed by atoms with van der Waals surface area (Å²) in [5.74, 6) is 1.04. The molecule has 8 heteroatoms. The van der Waals surface area contributed by atoms with Gasteiger partial charge in [0.15, 0.2) is 0 Å². The summed E-state index contributed by atoms with van der Waals surface area (Å²) < 4.78 is 2.45. The summed E-state index contributed by atoms with van der Waals surface area (Å²) in [6.45, 7) is 5.68.